The van der Waals surface area contributed by atoms with Gasteiger partial charge in [0.15, 0.2) is 0 Å². The normalized spacial score (nSPS) is 22.4. The fourth-order valence-corrected chi connectivity index (χ4v) is 2.17. The molecule has 1 aromatic heterocycles. The second kappa shape index (κ2) is 4.64. The Bertz CT molecular complexity index is 447. The highest BCUT2D eigenvalue weighted by atomic mass is 19.3. The molecule has 1 saturated heterocycles. The van der Waals surface area contributed by atoms with Crippen LogP contribution in [0.4, 0.5) is 8.78 Å². The molecule has 0 radical (unpaired) electrons. The SMILES string of the molecule is Cc1cc(CC(=O)N2CC(F)(F)CC2CO)n[nH]1. The van der Waals surface area contributed by atoms with Crippen LogP contribution in [0.15, 0.2) is 6.07 Å². The van der Waals surface area contributed by atoms with Gasteiger partial charge in [0.1, 0.15) is 0 Å². The number of likely N-dealkylation sites (tertiary alicyclic amines) is 1. The first kappa shape index (κ1) is 12.9. The van der Waals surface area contributed by atoms with Crippen LogP contribution in [-0.2, 0) is 11.2 Å². The number of halogens is 2. The van der Waals surface area contributed by atoms with Crippen molar-refractivity contribution in [3.05, 3.63) is 17.5 Å². The average molecular weight is 259 g/mol. The molecule has 1 amide bonds. The van der Waals surface area contributed by atoms with Crippen LogP contribution in [0.2, 0.25) is 0 Å². The zero-order chi connectivity index (χ0) is 13.3. The van der Waals surface area contributed by atoms with Gasteiger partial charge in [0.05, 0.1) is 31.3 Å². The second-order valence-corrected chi connectivity index (χ2v) is 4.64. The number of H-pyrrole nitrogens is 1. The summed E-state index contributed by atoms with van der Waals surface area (Å²) in [4.78, 5) is 13.0. The number of aryl methyl sites for hydroxylation is 1. The van der Waals surface area contributed by atoms with Crippen LogP contribution in [0, 0.1) is 6.92 Å². The van der Waals surface area contributed by atoms with Crippen LogP contribution >= 0.6 is 0 Å². The maximum absolute atomic E-state index is 13.2. The van der Waals surface area contributed by atoms with E-state index in [1.165, 1.54) is 0 Å². The third-order valence-corrected chi connectivity index (χ3v) is 3.00. The summed E-state index contributed by atoms with van der Waals surface area (Å²) in [7, 11) is 0. The number of hydrogen-bond acceptors (Lipinski definition) is 3. The number of amides is 1. The van der Waals surface area contributed by atoms with Gasteiger partial charge in [-0.3, -0.25) is 9.89 Å². The van der Waals surface area contributed by atoms with Gasteiger partial charge in [0.2, 0.25) is 5.91 Å². The summed E-state index contributed by atoms with van der Waals surface area (Å²) in [5.41, 5.74) is 1.33. The second-order valence-electron chi connectivity index (χ2n) is 4.64. The number of nitrogens with zero attached hydrogens (tertiary/aromatic N) is 2. The van der Waals surface area contributed by atoms with Crippen molar-refractivity contribution in [2.45, 2.75) is 31.7 Å². The predicted molar refractivity (Wildman–Crippen MR) is 59.2 cm³/mol. The Balaban J connectivity index is 2.04. The monoisotopic (exact) mass is 259 g/mol. The van der Waals surface area contributed by atoms with Crippen LogP contribution in [0.3, 0.4) is 0 Å². The number of nitrogens with one attached hydrogen (secondary N) is 1. The molecule has 18 heavy (non-hydrogen) atoms. The van der Waals surface area contributed by atoms with Gasteiger partial charge in [-0.25, -0.2) is 8.78 Å². The number of aliphatic hydroxyl groups excluding tert-OH is 1. The Morgan fingerprint density at radius 3 is 3.00 bits per heavy atom. The Hall–Kier alpha value is -1.50. The fraction of sp³-hybridized carbons (Fsp3) is 0.636. The molecular weight excluding hydrogens is 244 g/mol. The lowest BCUT2D eigenvalue weighted by atomic mass is 10.2. The highest BCUT2D eigenvalue weighted by Gasteiger charge is 2.46. The van der Waals surface area contributed by atoms with E-state index in [0.29, 0.717) is 5.69 Å². The minimum atomic E-state index is -2.91. The van der Waals surface area contributed by atoms with Crippen molar-refractivity contribution in [2.75, 3.05) is 13.2 Å². The molecule has 0 saturated carbocycles. The number of aliphatic hydroxyl groups is 1. The van der Waals surface area contributed by atoms with E-state index >= 15 is 0 Å². The van der Waals surface area contributed by atoms with Crippen molar-refractivity contribution >= 4 is 5.91 Å². The van der Waals surface area contributed by atoms with Crippen LogP contribution in [0.25, 0.3) is 0 Å². The van der Waals surface area contributed by atoms with Gasteiger partial charge in [-0.1, -0.05) is 0 Å². The van der Waals surface area contributed by atoms with Gasteiger partial charge in [-0.05, 0) is 13.0 Å². The molecule has 0 aromatic carbocycles. The standard InChI is InChI=1S/C11H15F2N3O2/c1-7-2-8(15-14-7)3-10(18)16-6-11(12,13)4-9(16)5-17/h2,9,17H,3-6H2,1H3,(H,14,15). The molecule has 2 rings (SSSR count). The number of hydrogen-bond donors (Lipinski definition) is 2. The number of carbonyl (C=O) groups excluding carboxylic acids is 1. The first-order chi connectivity index (χ1) is 8.41. The van der Waals surface area contributed by atoms with Crippen molar-refractivity contribution < 1.29 is 18.7 Å². The van der Waals surface area contributed by atoms with Gasteiger partial charge >= 0.3 is 0 Å². The molecule has 5 nitrogen and oxygen atoms in total. The smallest absolute Gasteiger partial charge is 0.267 e. The van der Waals surface area contributed by atoms with E-state index < -0.39 is 37.4 Å². The molecule has 1 atom stereocenters. The molecular formula is C11H15F2N3O2. The van der Waals surface area contributed by atoms with Crippen LogP contribution in [-0.4, -0.2) is 51.2 Å². The van der Waals surface area contributed by atoms with Crippen molar-refractivity contribution in [1.82, 2.24) is 15.1 Å². The first-order valence-corrected chi connectivity index (χ1v) is 5.70. The van der Waals surface area contributed by atoms with E-state index in [2.05, 4.69) is 10.2 Å². The molecule has 100 valence electrons. The van der Waals surface area contributed by atoms with E-state index in [1.54, 1.807) is 13.0 Å². The third-order valence-electron chi connectivity index (χ3n) is 3.00. The Morgan fingerprint density at radius 1 is 1.72 bits per heavy atom. The third kappa shape index (κ3) is 2.66. The summed E-state index contributed by atoms with van der Waals surface area (Å²) in [5.74, 6) is -3.34. The summed E-state index contributed by atoms with van der Waals surface area (Å²) in [6, 6.07) is 0.896. The first-order valence-electron chi connectivity index (χ1n) is 5.70. The topological polar surface area (TPSA) is 69.2 Å². The molecule has 1 unspecified atom stereocenters. The number of carbonyl (C=O) groups is 1. The van der Waals surface area contributed by atoms with Crippen LogP contribution in [0.5, 0.6) is 0 Å². The highest BCUT2D eigenvalue weighted by molar-refractivity contribution is 5.79. The largest absolute Gasteiger partial charge is 0.394 e. The highest BCUT2D eigenvalue weighted by Crippen LogP contribution is 2.32. The maximum Gasteiger partial charge on any atom is 0.267 e. The number of aromatic amines is 1. The van der Waals surface area contributed by atoms with Gasteiger partial charge in [0, 0.05) is 12.1 Å². The molecule has 0 bridgehead atoms. The Kier molecular flexibility index (Phi) is 3.34. The summed E-state index contributed by atoms with van der Waals surface area (Å²) in [6.07, 6.45) is -0.508. The molecule has 2 heterocycles. The number of aromatic nitrogens is 2. The predicted octanol–water partition coefficient (Wildman–Crippen LogP) is 0.489. The quantitative estimate of drug-likeness (QED) is 0.830. The lowest BCUT2D eigenvalue weighted by Crippen LogP contribution is -2.39. The summed E-state index contributed by atoms with van der Waals surface area (Å²) >= 11 is 0. The minimum absolute atomic E-state index is 0.0308. The molecule has 1 aliphatic rings. The van der Waals surface area contributed by atoms with Gasteiger partial charge < -0.3 is 10.0 Å². The van der Waals surface area contributed by atoms with E-state index in [9.17, 15) is 13.6 Å². The van der Waals surface area contributed by atoms with Crippen LogP contribution in [0.1, 0.15) is 17.8 Å². The Labute approximate surface area is 103 Å². The summed E-state index contributed by atoms with van der Waals surface area (Å²) in [5, 5.41) is 15.6. The average Bonchev–Trinajstić information content (AvgIpc) is 2.81. The lowest BCUT2D eigenvalue weighted by Gasteiger charge is -2.21. The molecule has 1 aromatic rings. The minimum Gasteiger partial charge on any atom is -0.394 e. The maximum atomic E-state index is 13.2. The molecule has 1 aliphatic heterocycles. The molecule has 7 heteroatoms. The van der Waals surface area contributed by atoms with E-state index in [0.717, 1.165) is 10.6 Å². The zero-order valence-electron chi connectivity index (χ0n) is 9.99. The van der Waals surface area contributed by atoms with Crippen molar-refractivity contribution in [3.63, 3.8) is 0 Å². The fourth-order valence-electron chi connectivity index (χ4n) is 2.17. The molecule has 1 fully saturated rings. The van der Waals surface area contributed by atoms with E-state index in [1.807, 2.05) is 0 Å². The Morgan fingerprint density at radius 2 is 2.44 bits per heavy atom. The van der Waals surface area contributed by atoms with Gasteiger partial charge in [0.25, 0.3) is 5.92 Å². The van der Waals surface area contributed by atoms with Crippen LogP contribution < -0.4 is 0 Å². The lowest BCUT2D eigenvalue weighted by molar-refractivity contribution is -0.133. The number of rotatable bonds is 3. The zero-order valence-corrected chi connectivity index (χ0v) is 9.99. The van der Waals surface area contributed by atoms with Crippen molar-refractivity contribution in [2.24, 2.45) is 0 Å². The summed E-state index contributed by atoms with van der Waals surface area (Å²) in [6.45, 7) is 0.725. The van der Waals surface area contributed by atoms with Gasteiger partial charge in [-0.2, -0.15) is 5.10 Å². The molecule has 0 aliphatic carbocycles. The summed E-state index contributed by atoms with van der Waals surface area (Å²) < 4.78 is 26.4. The van der Waals surface area contributed by atoms with Gasteiger partial charge in [-0.15, -0.1) is 0 Å². The van der Waals surface area contributed by atoms with Crippen molar-refractivity contribution in [3.8, 4) is 0 Å². The molecule has 2 N–H and O–H groups in total. The van der Waals surface area contributed by atoms with E-state index in [-0.39, 0.29) is 6.42 Å². The number of alkyl halides is 2. The van der Waals surface area contributed by atoms with E-state index in [4.69, 9.17) is 5.11 Å². The van der Waals surface area contributed by atoms with Crippen molar-refractivity contribution in [1.29, 1.82) is 0 Å². The molecule has 0 spiro atoms.